The highest BCUT2D eigenvalue weighted by molar-refractivity contribution is 5.90. The van der Waals surface area contributed by atoms with Crippen LogP contribution in [0.5, 0.6) is 0 Å². The second-order valence-electron chi connectivity index (χ2n) is 9.16. The molecule has 1 aliphatic carbocycles. The zero-order valence-corrected chi connectivity index (χ0v) is 20.0. The second kappa shape index (κ2) is 10.6. The SMILES string of the molecule is O=C(Nc1ccc2cnc(Nc3ccc(N4CCN(C(=O)O)CC4)cc3)nc2n1)NC1CCCCC1. The fourth-order valence-electron chi connectivity index (χ4n) is 4.66. The van der Waals surface area contributed by atoms with Gasteiger partial charge in [0.15, 0.2) is 5.65 Å². The maximum atomic E-state index is 12.4. The van der Waals surface area contributed by atoms with Gasteiger partial charge >= 0.3 is 12.1 Å². The Bertz CT molecular complexity index is 1220. The van der Waals surface area contributed by atoms with Crippen molar-refractivity contribution in [1.29, 1.82) is 0 Å². The lowest BCUT2D eigenvalue weighted by atomic mass is 9.96. The third-order valence-corrected chi connectivity index (χ3v) is 6.66. The summed E-state index contributed by atoms with van der Waals surface area (Å²) in [7, 11) is 0. The standard InChI is InChI=1S/C25H30N8O3/c34-24(28-18-4-2-1-3-5-18)30-21-11-6-17-16-26-23(31-22(17)29-21)27-19-7-9-20(10-8-19)32-12-14-33(15-13-32)25(35)36/h6-11,16,18H,1-5,12-15H2,(H,35,36)(H3,26,27,28,29,30,31,34). The number of hydrogen-bond acceptors (Lipinski definition) is 7. The number of amides is 3. The number of carbonyl (C=O) groups is 2. The molecule has 0 atom stereocenters. The zero-order chi connectivity index (χ0) is 24.9. The van der Waals surface area contributed by atoms with E-state index in [1.807, 2.05) is 30.3 Å². The number of piperazine rings is 1. The first-order valence-corrected chi connectivity index (χ1v) is 12.3. The number of rotatable bonds is 5. The number of carbonyl (C=O) groups excluding carboxylic acids is 1. The summed E-state index contributed by atoms with van der Waals surface area (Å²) in [5.41, 5.74) is 2.34. The molecule has 0 bridgehead atoms. The van der Waals surface area contributed by atoms with Gasteiger partial charge in [-0.15, -0.1) is 0 Å². The van der Waals surface area contributed by atoms with Crippen molar-refractivity contribution in [3.63, 3.8) is 0 Å². The number of anilines is 4. The molecule has 11 heteroatoms. The molecule has 1 saturated carbocycles. The van der Waals surface area contributed by atoms with Crippen molar-refractivity contribution in [2.75, 3.05) is 41.7 Å². The molecule has 3 heterocycles. The molecule has 0 radical (unpaired) electrons. The minimum Gasteiger partial charge on any atom is -0.465 e. The van der Waals surface area contributed by atoms with Crippen LogP contribution in [0.4, 0.5) is 32.7 Å². The van der Waals surface area contributed by atoms with Crippen LogP contribution in [0.1, 0.15) is 32.1 Å². The highest BCUT2D eigenvalue weighted by Crippen LogP contribution is 2.22. The molecule has 1 aromatic carbocycles. The molecule has 1 saturated heterocycles. The van der Waals surface area contributed by atoms with E-state index in [4.69, 9.17) is 5.11 Å². The minimum absolute atomic E-state index is 0.220. The van der Waals surface area contributed by atoms with Gasteiger partial charge < -0.3 is 25.5 Å². The summed E-state index contributed by atoms with van der Waals surface area (Å²) in [4.78, 5) is 40.4. The number of fused-ring (bicyclic) bond motifs is 1. The maximum Gasteiger partial charge on any atom is 0.407 e. The van der Waals surface area contributed by atoms with Gasteiger partial charge in [-0.2, -0.15) is 4.98 Å². The molecule has 188 valence electrons. The van der Waals surface area contributed by atoms with Crippen LogP contribution in [0.3, 0.4) is 0 Å². The van der Waals surface area contributed by atoms with Crippen molar-refractivity contribution in [2.24, 2.45) is 0 Å². The summed E-state index contributed by atoms with van der Waals surface area (Å²) >= 11 is 0. The number of nitrogens with one attached hydrogen (secondary N) is 3. The molecule has 3 aromatic rings. The van der Waals surface area contributed by atoms with E-state index in [2.05, 4.69) is 35.8 Å². The molecule has 5 rings (SSSR count). The Morgan fingerprint density at radius 3 is 2.39 bits per heavy atom. The molecule has 36 heavy (non-hydrogen) atoms. The normalized spacial score (nSPS) is 16.6. The third kappa shape index (κ3) is 5.73. The van der Waals surface area contributed by atoms with Crippen LogP contribution in [0.25, 0.3) is 11.0 Å². The van der Waals surface area contributed by atoms with Gasteiger partial charge in [-0.05, 0) is 49.2 Å². The van der Waals surface area contributed by atoms with Gasteiger partial charge in [0.25, 0.3) is 0 Å². The lowest BCUT2D eigenvalue weighted by molar-refractivity contribution is 0.142. The van der Waals surface area contributed by atoms with Crippen molar-refractivity contribution in [1.82, 2.24) is 25.2 Å². The molecule has 11 nitrogen and oxygen atoms in total. The average molecular weight is 491 g/mol. The van der Waals surface area contributed by atoms with Crippen LogP contribution in [0.15, 0.2) is 42.6 Å². The van der Waals surface area contributed by atoms with Crippen LogP contribution in [-0.2, 0) is 0 Å². The molecule has 2 aliphatic rings. The van der Waals surface area contributed by atoms with Gasteiger partial charge in [0, 0.05) is 55.2 Å². The number of nitrogens with zero attached hydrogens (tertiary/aromatic N) is 5. The Hall–Kier alpha value is -4.15. The summed E-state index contributed by atoms with van der Waals surface area (Å²) in [6, 6.07) is 11.4. The Kier molecular flexibility index (Phi) is 6.96. The minimum atomic E-state index is -0.871. The molecular weight excluding hydrogens is 460 g/mol. The monoisotopic (exact) mass is 490 g/mol. The lowest BCUT2D eigenvalue weighted by Crippen LogP contribution is -2.48. The van der Waals surface area contributed by atoms with Crippen LogP contribution in [-0.4, -0.2) is 69.3 Å². The molecule has 4 N–H and O–H groups in total. The lowest BCUT2D eigenvalue weighted by Gasteiger charge is -2.34. The molecule has 2 fully saturated rings. The summed E-state index contributed by atoms with van der Waals surface area (Å²) in [6.07, 6.45) is 6.39. The van der Waals surface area contributed by atoms with Gasteiger partial charge in [-0.25, -0.2) is 19.6 Å². The van der Waals surface area contributed by atoms with Gasteiger partial charge in [0.05, 0.1) is 0 Å². The Labute approximate surface area is 208 Å². The topological polar surface area (TPSA) is 136 Å². The number of pyridine rings is 1. The van der Waals surface area contributed by atoms with Gasteiger partial charge in [-0.1, -0.05) is 19.3 Å². The number of aromatic nitrogens is 3. The van der Waals surface area contributed by atoms with Crippen molar-refractivity contribution in [2.45, 2.75) is 38.1 Å². The van der Waals surface area contributed by atoms with E-state index >= 15 is 0 Å². The van der Waals surface area contributed by atoms with E-state index in [0.29, 0.717) is 43.6 Å². The van der Waals surface area contributed by atoms with Crippen LogP contribution < -0.4 is 20.9 Å². The first kappa shape index (κ1) is 23.6. The first-order chi connectivity index (χ1) is 17.5. The predicted molar refractivity (Wildman–Crippen MR) is 138 cm³/mol. The average Bonchev–Trinajstić information content (AvgIpc) is 2.89. The van der Waals surface area contributed by atoms with E-state index in [1.165, 1.54) is 11.3 Å². The summed E-state index contributed by atoms with van der Waals surface area (Å²) in [6.45, 7) is 2.31. The van der Waals surface area contributed by atoms with E-state index in [0.717, 1.165) is 42.4 Å². The number of hydrogen-bond donors (Lipinski definition) is 4. The zero-order valence-electron chi connectivity index (χ0n) is 20.0. The first-order valence-electron chi connectivity index (χ1n) is 12.3. The molecule has 0 spiro atoms. The van der Waals surface area contributed by atoms with Crippen LogP contribution >= 0.6 is 0 Å². The van der Waals surface area contributed by atoms with E-state index in [1.54, 1.807) is 12.3 Å². The number of urea groups is 1. The van der Waals surface area contributed by atoms with E-state index < -0.39 is 6.09 Å². The van der Waals surface area contributed by atoms with Crippen molar-refractivity contribution in [3.8, 4) is 0 Å². The summed E-state index contributed by atoms with van der Waals surface area (Å²) in [5, 5.41) is 18.9. The molecule has 3 amide bonds. The van der Waals surface area contributed by atoms with Gasteiger partial charge in [-0.3, -0.25) is 5.32 Å². The number of benzene rings is 1. The van der Waals surface area contributed by atoms with Crippen molar-refractivity contribution in [3.05, 3.63) is 42.6 Å². The van der Waals surface area contributed by atoms with E-state index in [-0.39, 0.29) is 12.1 Å². The smallest absolute Gasteiger partial charge is 0.407 e. The quantitative estimate of drug-likeness (QED) is 0.421. The fourth-order valence-corrected chi connectivity index (χ4v) is 4.66. The Morgan fingerprint density at radius 1 is 0.917 bits per heavy atom. The molecule has 1 aliphatic heterocycles. The Balaban J connectivity index is 1.21. The maximum absolute atomic E-state index is 12.4. The van der Waals surface area contributed by atoms with Crippen LogP contribution in [0, 0.1) is 0 Å². The predicted octanol–water partition coefficient (Wildman–Crippen LogP) is 4.02. The highest BCUT2D eigenvalue weighted by Gasteiger charge is 2.20. The highest BCUT2D eigenvalue weighted by atomic mass is 16.4. The van der Waals surface area contributed by atoms with Crippen molar-refractivity contribution < 1.29 is 14.7 Å². The van der Waals surface area contributed by atoms with Crippen molar-refractivity contribution >= 4 is 46.3 Å². The third-order valence-electron chi connectivity index (χ3n) is 6.66. The van der Waals surface area contributed by atoms with Gasteiger partial charge in [0.1, 0.15) is 5.82 Å². The second-order valence-corrected chi connectivity index (χ2v) is 9.16. The largest absolute Gasteiger partial charge is 0.465 e. The van der Waals surface area contributed by atoms with Gasteiger partial charge in [0.2, 0.25) is 5.95 Å². The Morgan fingerprint density at radius 2 is 1.67 bits per heavy atom. The van der Waals surface area contributed by atoms with Crippen LogP contribution in [0.2, 0.25) is 0 Å². The summed E-state index contributed by atoms with van der Waals surface area (Å²) in [5.74, 6) is 0.842. The molecule has 0 unspecified atom stereocenters. The molecular formula is C25H30N8O3. The number of carboxylic acid groups (broad SMARTS) is 1. The fraction of sp³-hybridized carbons (Fsp3) is 0.400. The molecule has 2 aromatic heterocycles. The summed E-state index contributed by atoms with van der Waals surface area (Å²) < 4.78 is 0. The van der Waals surface area contributed by atoms with E-state index in [9.17, 15) is 9.59 Å².